The van der Waals surface area contributed by atoms with Crippen molar-refractivity contribution in [2.24, 2.45) is 0 Å². The predicted octanol–water partition coefficient (Wildman–Crippen LogP) is 2.78. The lowest BCUT2D eigenvalue weighted by Gasteiger charge is -2.27. The molecule has 5 heteroatoms. The summed E-state index contributed by atoms with van der Waals surface area (Å²) in [6.07, 6.45) is 4.10. The summed E-state index contributed by atoms with van der Waals surface area (Å²) in [6.45, 7) is 1.74. The highest BCUT2D eigenvalue weighted by Gasteiger charge is 2.27. The minimum atomic E-state index is 0.383. The number of aromatic nitrogens is 3. The highest BCUT2D eigenvalue weighted by atomic mass is 16.5. The van der Waals surface area contributed by atoms with Crippen LogP contribution in [0.5, 0.6) is 5.75 Å². The molecule has 1 aliphatic heterocycles. The molecule has 22 heavy (non-hydrogen) atoms. The Morgan fingerprint density at radius 1 is 1.09 bits per heavy atom. The van der Waals surface area contributed by atoms with Crippen molar-refractivity contribution in [2.75, 3.05) is 18.1 Å². The first-order valence-electron chi connectivity index (χ1n) is 7.65. The molecule has 3 heterocycles. The zero-order chi connectivity index (χ0) is 14.8. The van der Waals surface area contributed by atoms with E-state index in [1.54, 1.807) is 6.33 Å². The number of hydrogen-bond acceptors (Lipinski definition) is 4. The molecule has 5 nitrogen and oxygen atoms in total. The van der Waals surface area contributed by atoms with Crippen LogP contribution in [0.15, 0.2) is 54.9 Å². The molecule has 0 radical (unpaired) electrons. The van der Waals surface area contributed by atoms with Crippen molar-refractivity contribution < 1.29 is 4.74 Å². The van der Waals surface area contributed by atoms with Gasteiger partial charge in [-0.05, 0) is 37.1 Å². The first-order chi connectivity index (χ1) is 10.9. The third kappa shape index (κ3) is 2.39. The highest BCUT2D eigenvalue weighted by molar-refractivity contribution is 5.51. The molecule has 0 spiro atoms. The monoisotopic (exact) mass is 294 g/mol. The fraction of sp³-hybridized carbons (Fsp3) is 0.294. The van der Waals surface area contributed by atoms with Crippen LogP contribution in [-0.2, 0) is 0 Å². The van der Waals surface area contributed by atoms with E-state index in [1.165, 1.54) is 6.42 Å². The van der Waals surface area contributed by atoms with Gasteiger partial charge in [-0.15, -0.1) is 10.2 Å². The lowest BCUT2D eigenvalue weighted by Crippen LogP contribution is -2.35. The van der Waals surface area contributed by atoms with Gasteiger partial charge in [-0.1, -0.05) is 24.3 Å². The molecule has 0 saturated carbocycles. The maximum Gasteiger partial charge on any atom is 0.162 e. The van der Waals surface area contributed by atoms with Crippen LogP contribution in [0.1, 0.15) is 12.8 Å². The van der Waals surface area contributed by atoms with Crippen LogP contribution in [-0.4, -0.2) is 33.8 Å². The Balaban J connectivity index is 1.55. The first-order valence-corrected chi connectivity index (χ1v) is 7.65. The van der Waals surface area contributed by atoms with Gasteiger partial charge in [-0.3, -0.25) is 4.40 Å². The third-order valence-corrected chi connectivity index (χ3v) is 4.17. The highest BCUT2D eigenvalue weighted by Crippen LogP contribution is 2.26. The molecule has 4 rings (SSSR count). The average Bonchev–Trinajstić information content (AvgIpc) is 3.22. The number of rotatable bonds is 4. The Morgan fingerprint density at radius 3 is 2.91 bits per heavy atom. The summed E-state index contributed by atoms with van der Waals surface area (Å²) in [5, 5.41) is 8.13. The lowest BCUT2D eigenvalue weighted by molar-refractivity contribution is 0.288. The summed E-state index contributed by atoms with van der Waals surface area (Å²) < 4.78 is 8.00. The minimum absolute atomic E-state index is 0.383. The number of hydrogen-bond donors (Lipinski definition) is 0. The molecule has 0 aliphatic carbocycles. The molecule has 1 atom stereocenters. The van der Waals surface area contributed by atoms with Gasteiger partial charge in [0.05, 0.1) is 6.04 Å². The number of benzene rings is 1. The quantitative estimate of drug-likeness (QED) is 0.742. The van der Waals surface area contributed by atoms with E-state index in [1.807, 2.05) is 46.9 Å². The molecule has 1 saturated heterocycles. The second-order valence-electron chi connectivity index (χ2n) is 5.56. The van der Waals surface area contributed by atoms with Crippen molar-refractivity contribution >= 4 is 11.5 Å². The van der Waals surface area contributed by atoms with Gasteiger partial charge in [0.25, 0.3) is 0 Å². The molecule has 2 aromatic heterocycles. The molecule has 0 bridgehead atoms. The SMILES string of the molecule is c1ccc(OC[C@@H]2CCCN2c2cccc3nncn23)cc1. The van der Waals surface area contributed by atoms with Gasteiger partial charge in [-0.25, -0.2) is 0 Å². The Hall–Kier alpha value is -2.56. The summed E-state index contributed by atoms with van der Waals surface area (Å²) in [7, 11) is 0. The summed E-state index contributed by atoms with van der Waals surface area (Å²) in [5.41, 5.74) is 0.882. The predicted molar refractivity (Wildman–Crippen MR) is 85.3 cm³/mol. The second kappa shape index (κ2) is 5.67. The van der Waals surface area contributed by atoms with Gasteiger partial charge in [0, 0.05) is 6.54 Å². The van der Waals surface area contributed by atoms with E-state index >= 15 is 0 Å². The van der Waals surface area contributed by atoms with Crippen LogP contribution >= 0.6 is 0 Å². The molecule has 112 valence electrons. The van der Waals surface area contributed by atoms with E-state index in [2.05, 4.69) is 21.2 Å². The van der Waals surface area contributed by atoms with Crippen molar-refractivity contribution in [3.8, 4) is 5.75 Å². The van der Waals surface area contributed by atoms with Gasteiger partial charge in [-0.2, -0.15) is 0 Å². The lowest BCUT2D eigenvalue weighted by atomic mass is 10.2. The maximum absolute atomic E-state index is 5.95. The van der Waals surface area contributed by atoms with Crippen LogP contribution in [0, 0.1) is 0 Å². The van der Waals surface area contributed by atoms with E-state index < -0.39 is 0 Å². The summed E-state index contributed by atoms with van der Waals surface area (Å²) in [6, 6.07) is 16.5. The number of fused-ring (bicyclic) bond motifs is 1. The fourth-order valence-corrected chi connectivity index (χ4v) is 3.09. The summed E-state index contributed by atoms with van der Waals surface area (Å²) in [4.78, 5) is 2.40. The average molecular weight is 294 g/mol. The van der Waals surface area contributed by atoms with Crippen LogP contribution < -0.4 is 9.64 Å². The van der Waals surface area contributed by atoms with E-state index in [9.17, 15) is 0 Å². The molecule has 0 unspecified atom stereocenters. The Morgan fingerprint density at radius 2 is 2.00 bits per heavy atom. The first kappa shape index (κ1) is 13.1. The van der Waals surface area contributed by atoms with Gasteiger partial charge in [0.15, 0.2) is 5.65 Å². The molecular formula is C17H18N4O. The molecule has 1 aromatic carbocycles. The normalized spacial score (nSPS) is 18.0. The Kier molecular flexibility index (Phi) is 3.39. The maximum atomic E-state index is 5.95. The van der Waals surface area contributed by atoms with E-state index in [-0.39, 0.29) is 0 Å². The number of nitrogens with zero attached hydrogens (tertiary/aromatic N) is 4. The standard InChI is InChI=1S/C17H18N4O/c1-2-7-15(8-3-1)22-12-14-6-5-11-20(14)17-10-4-9-16-19-18-13-21(16)17/h1-4,7-10,13-14H,5-6,11-12H2/t14-/m0/s1. The molecule has 3 aromatic rings. The van der Waals surface area contributed by atoms with Crippen LogP contribution in [0.4, 0.5) is 5.82 Å². The molecular weight excluding hydrogens is 276 g/mol. The van der Waals surface area contributed by atoms with Crippen molar-refractivity contribution in [1.29, 1.82) is 0 Å². The van der Waals surface area contributed by atoms with Crippen molar-refractivity contribution in [2.45, 2.75) is 18.9 Å². The van der Waals surface area contributed by atoms with Crippen molar-refractivity contribution in [3.63, 3.8) is 0 Å². The van der Waals surface area contributed by atoms with Crippen LogP contribution in [0.25, 0.3) is 5.65 Å². The zero-order valence-electron chi connectivity index (χ0n) is 12.3. The van der Waals surface area contributed by atoms with E-state index in [4.69, 9.17) is 4.74 Å². The van der Waals surface area contributed by atoms with Crippen LogP contribution in [0.3, 0.4) is 0 Å². The number of anilines is 1. The van der Waals surface area contributed by atoms with E-state index in [0.29, 0.717) is 12.6 Å². The molecule has 0 amide bonds. The fourth-order valence-electron chi connectivity index (χ4n) is 3.09. The van der Waals surface area contributed by atoms with Crippen molar-refractivity contribution in [1.82, 2.24) is 14.6 Å². The van der Waals surface area contributed by atoms with Crippen LogP contribution in [0.2, 0.25) is 0 Å². The number of ether oxygens (including phenoxy) is 1. The molecule has 0 N–H and O–H groups in total. The second-order valence-corrected chi connectivity index (χ2v) is 5.56. The largest absolute Gasteiger partial charge is 0.491 e. The summed E-state index contributed by atoms with van der Waals surface area (Å²) in [5.74, 6) is 2.07. The smallest absolute Gasteiger partial charge is 0.162 e. The van der Waals surface area contributed by atoms with Gasteiger partial charge < -0.3 is 9.64 Å². The van der Waals surface area contributed by atoms with Gasteiger partial charge in [0.1, 0.15) is 24.5 Å². The Bertz CT molecular complexity index is 755. The van der Waals surface area contributed by atoms with Gasteiger partial charge in [0.2, 0.25) is 0 Å². The molecule has 1 aliphatic rings. The molecule has 1 fully saturated rings. The number of pyridine rings is 1. The third-order valence-electron chi connectivity index (χ3n) is 4.17. The van der Waals surface area contributed by atoms with E-state index in [0.717, 1.165) is 30.2 Å². The minimum Gasteiger partial charge on any atom is -0.491 e. The van der Waals surface area contributed by atoms with Gasteiger partial charge >= 0.3 is 0 Å². The van der Waals surface area contributed by atoms with Crippen molar-refractivity contribution in [3.05, 3.63) is 54.9 Å². The topological polar surface area (TPSA) is 42.7 Å². The summed E-state index contributed by atoms with van der Waals surface area (Å²) >= 11 is 0. The number of para-hydroxylation sites is 1. The zero-order valence-corrected chi connectivity index (χ0v) is 12.3. The Labute approximate surface area is 129 Å².